The molecule has 0 amide bonds. The molecule has 0 fully saturated rings. The van der Waals surface area contributed by atoms with Crippen molar-refractivity contribution in [2.24, 2.45) is 10.9 Å². The maximum absolute atomic E-state index is 15.1. The number of hydrogen-bond donors (Lipinski definition) is 6. The normalized spacial score (nSPS) is 11.7. The second-order valence-electron chi connectivity index (χ2n) is 6.90. The van der Waals surface area contributed by atoms with E-state index in [0.717, 1.165) is 6.07 Å². The molecule has 7 N–H and O–H groups in total. The van der Waals surface area contributed by atoms with Gasteiger partial charge in [-0.1, -0.05) is 23.4 Å². The Hall–Kier alpha value is -4.41. The number of phenolic OH excluding ortho intramolecular Hbond substituents is 1. The molecule has 2 aromatic carbocycles. The molecule has 166 valence electrons. The number of rotatable bonds is 6. The van der Waals surface area contributed by atoms with Crippen molar-refractivity contribution >= 4 is 28.4 Å². The lowest BCUT2D eigenvalue weighted by atomic mass is 10.1. The van der Waals surface area contributed by atoms with E-state index in [1.54, 1.807) is 31.8 Å². The van der Waals surface area contributed by atoms with Gasteiger partial charge in [-0.05, 0) is 18.2 Å². The second kappa shape index (κ2) is 8.02. The smallest absolute Gasteiger partial charge is 0.172 e. The summed E-state index contributed by atoms with van der Waals surface area (Å²) in [5, 5.41) is 33.9. The summed E-state index contributed by atoms with van der Waals surface area (Å²) in [6, 6.07) is 11.1. The summed E-state index contributed by atoms with van der Waals surface area (Å²) < 4.78 is 16.8. The number of oxime groups is 1. The van der Waals surface area contributed by atoms with Crippen LogP contribution in [0.25, 0.3) is 27.8 Å². The number of anilines is 2. The number of phenols is 1. The summed E-state index contributed by atoms with van der Waals surface area (Å²) in [6.07, 6.45) is 0. The Morgan fingerprint density at radius 1 is 1.12 bits per heavy atom. The van der Waals surface area contributed by atoms with Crippen LogP contribution in [0.5, 0.6) is 5.75 Å². The maximum atomic E-state index is 15.1. The van der Waals surface area contributed by atoms with E-state index in [0.29, 0.717) is 39.4 Å². The van der Waals surface area contributed by atoms with Crippen molar-refractivity contribution in [1.29, 1.82) is 0 Å². The summed E-state index contributed by atoms with van der Waals surface area (Å²) in [7, 11) is 5.14. The SMILES string of the molecule is CNc1nn(NC)c(NC)c1-c1c(/C(N)=N/O)c2ccccc2n1-c1ccc(O)cc1F. The lowest BCUT2D eigenvalue weighted by molar-refractivity contribution is 0.318. The quantitative estimate of drug-likeness (QED) is 0.118. The molecule has 2 aromatic heterocycles. The standard InChI is InChI=1S/C21H23FN8O2/c1-24-20-17(21(25-2)30(26-3)27-20)18-16(19(23)28-32)12-6-4-5-7-14(12)29(18)15-9-8-11(31)10-13(15)22/h4-10,25-26,31-32H,1-3H3,(H2,23,28)(H,24,27). The van der Waals surface area contributed by atoms with E-state index in [-0.39, 0.29) is 17.3 Å². The Bertz CT molecular complexity index is 1340. The van der Waals surface area contributed by atoms with Crippen LogP contribution in [0.4, 0.5) is 16.0 Å². The minimum Gasteiger partial charge on any atom is -0.508 e. The van der Waals surface area contributed by atoms with Crippen LogP contribution >= 0.6 is 0 Å². The number of fused-ring (bicyclic) bond motifs is 1. The fourth-order valence-corrected chi connectivity index (χ4v) is 3.92. The van der Waals surface area contributed by atoms with Gasteiger partial charge in [0.15, 0.2) is 23.3 Å². The second-order valence-corrected chi connectivity index (χ2v) is 6.90. The molecule has 0 bridgehead atoms. The lowest BCUT2D eigenvalue weighted by Crippen LogP contribution is -2.16. The van der Waals surface area contributed by atoms with Crippen molar-refractivity contribution in [2.75, 3.05) is 37.2 Å². The molecule has 0 saturated heterocycles. The zero-order chi connectivity index (χ0) is 23.0. The van der Waals surface area contributed by atoms with Gasteiger partial charge in [-0.3, -0.25) is 0 Å². The summed E-state index contributed by atoms with van der Waals surface area (Å²) >= 11 is 0. The van der Waals surface area contributed by atoms with Gasteiger partial charge in [-0.25, -0.2) is 4.39 Å². The van der Waals surface area contributed by atoms with Crippen LogP contribution in [0, 0.1) is 5.82 Å². The van der Waals surface area contributed by atoms with Crippen LogP contribution in [0.3, 0.4) is 0 Å². The van der Waals surface area contributed by atoms with E-state index >= 15 is 4.39 Å². The number of amidine groups is 1. The first-order valence-electron chi connectivity index (χ1n) is 9.73. The summed E-state index contributed by atoms with van der Waals surface area (Å²) in [5.41, 5.74) is 11.3. The molecule has 0 aliphatic rings. The van der Waals surface area contributed by atoms with Gasteiger partial charge in [-0.15, -0.1) is 5.10 Å². The van der Waals surface area contributed by atoms with Crippen LogP contribution in [-0.4, -0.2) is 51.7 Å². The number of hydrogen-bond acceptors (Lipinski definition) is 7. The molecule has 0 spiro atoms. The van der Waals surface area contributed by atoms with Crippen LogP contribution in [0.1, 0.15) is 5.56 Å². The molecule has 2 heterocycles. The Balaban J connectivity index is 2.27. The number of para-hydroxylation sites is 1. The fraction of sp³-hybridized carbons (Fsp3) is 0.143. The first-order valence-corrected chi connectivity index (χ1v) is 9.73. The highest BCUT2D eigenvalue weighted by molar-refractivity contribution is 6.16. The van der Waals surface area contributed by atoms with Gasteiger partial charge in [0.05, 0.1) is 28.0 Å². The van der Waals surface area contributed by atoms with Gasteiger partial charge in [0.25, 0.3) is 0 Å². The highest BCUT2D eigenvalue weighted by Gasteiger charge is 2.30. The monoisotopic (exact) mass is 438 g/mol. The predicted molar refractivity (Wildman–Crippen MR) is 123 cm³/mol. The van der Waals surface area contributed by atoms with E-state index in [2.05, 4.69) is 26.3 Å². The van der Waals surface area contributed by atoms with Crippen molar-refractivity contribution in [3.8, 4) is 22.7 Å². The van der Waals surface area contributed by atoms with Gasteiger partial charge in [-0.2, -0.15) is 4.79 Å². The number of nitrogens with two attached hydrogens (primary N) is 1. The van der Waals surface area contributed by atoms with Gasteiger partial charge < -0.3 is 36.7 Å². The summed E-state index contributed by atoms with van der Waals surface area (Å²) in [6.45, 7) is 0. The molecule has 11 heteroatoms. The Labute approximate surface area is 182 Å². The summed E-state index contributed by atoms with van der Waals surface area (Å²) in [4.78, 5) is 1.52. The number of aromatic hydroxyl groups is 1. The number of nitrogens with zero attached hydrogens (tertiary/aromatic N) is 4. The average Bonchev–Trinajstić information content (AvgIpc) is 3.33. The third-order valence-corrected chi connectivity index (χ3v) is 5.22. The van der Waals surface area contributed by atoms with E-state index < -0.39 is 5.82 Å². The first-order chi connectivity index (χ1) is 15.5. The maximum Gasteiger partial charge on any atom is 0.172 e. The molecule has 0 radical (unpaired) electrons. The molecular formula is C21H23FN8O2. The minimum atomic E-state index is -0.643. The zero-order valence-electron chi connectivity index (χ0n) is 17.7. The van der Waals surface area contributed by atoms with Crippen molar-refractivity contribution in [1.82, 2.24) is 14.5 Å². The third-order valence-electron chi connectivity index (χ3n) is 5.22. The minimum absolute atomic E-state index is 0.143. The Morgan fingerprint density at radius 3 is 2.50 bits per heavy atom. The van der Waals surface area contributed by atoms with Crippen molar-refractivity contribution in [3.63, 3.8) is 0 Å². The summed E-state index contributed by atoms with van der Waals surface area (Å²) in [5.74, 6) is 0.0494. The molecule has 0 saturated carbocycles. The fourth-order valence-electron chi connectivity index (χ4n) is 3.92. The lowest BCUT2D eigenvalue weighted by Gasteiger charge is -2.15. The highest BCUT2D eigenvalue weighted by Crippen LogP contribution is 2.43. The van der Waals surface area contributed by atoms with E-state index in [1.807, 2.05) is 18.2 Å². The Morgan fingerprint density at radius 2 is 1.88 bits per heavy atom. The molecular weight excluding hydrogens is 415 g/mol. The van der Waals surface area contributed by atoms with Gasteiger partial charge in [0.2, 0.25) is 0 Å². The number of aromatic nitrogens is 3. The molecule has 4 aromatic rings. The van der Waals surface area contributed by atoms with Crippen LogP contribution < -0.4 is 21.8 Å². The van der Waals surface area contributed by atoms with Gasteiger partial charge in [0, 0.05) is 32.6 Å². The van der Waals surface area contributed by atoms with Crippen LogP contribution in [-0.2, 0) is 0 Å². The van der Waals surface area contributed by atoms with Crippen LogP contribution in [0.15, 0.2) is 47.6 Å². The molecule has 0 aliphatic carbocycles. The predicted octanol–water partition coefficient (Wildman–Crippen LogP) is 2.69. The van der Waals surface area contributed by atoms with E-state index in [4.69, 9.17) is 5.73 Å². The zero-order valence-corrected chi connectivity index (χ0v) is 17.7. The van der Waals surface area contributed by atoms with E-state index in [1.165, 1.54) is 16.9 Å². The molecule has 10 nitrogen and oxygen atoms in total. The number of benzene rings is 2. The van der Waals surface area contributed by atoms with Crippen molar-refractivity contribution in [2.45, 2.75) is 0 Å². The third kappa shape index (κ3) is 3.02. The topological polar surface area (TPSA) is 138 Å². The first kappa shape index (κ1) is 20.8. The molecule has 32 heavy (non-hydrogen) atoms. The molecule has 0 atom stereocenters. The molecule has 4 rings (SSSR count). The van der Waals surface area contributed by atoms with Crippen molar-refractivity contribution in [3.05, 3.63) is 53.8 Å². The van der Waals surface area contributed by atoms with E-state index in [9.17, 15) is 10.3 Å². The highest BCUT2D eigenvalue weighted by atomic mass is 19.1. The average molecular weight is 438 g/mol. The molecule has 0 unspecified atom stereocenters. The van der Waals surface area contributed by atoms with Crippen molar-refractivity contribution < 1.29 is 14.7 Å². The largest absolute Gasteiger partial charge is 0.508 e. The van der Waals surface area contributed by atoms with Crippen LogP contribution in [0.2, 0.25) is 0 Å². The van der Waals surface area contributed by atoms with Gasteiger partial charge in [0.1, 0.15) is 5.75 Å². The number of halogens is 1. The Kier molecular flexibility index (Phi) is 5.23. The molecule has 0 aliphatic heterocycles. The number of nitrogens with one attached hydrogen (secondary N) is 3. The van der Waals surface area contributed by atoms with Gasteiger partial charge >= 0.3 is 0 Å².